The molecule has 1 saturated heterocycles. The lowest BCUT2D eigenvalue weighted by molar-refractivity contribution is -0.166. The van der Waals surface area contributed by atoms with Crippen molar-refractivity contribution in [2.45, 2.75) is 85.2 Å². The highest BCUT2D eigenvalue weighted by Crippen LogP contribution is 2.42. The van der Waals surface area contributed by atoms with Gasteiger partial charge in [-0.05, 0) is 107 Å². The molecule has 0 aliphatic carbocycles. The van der Waals surface area contributed by atoms with E-state index in [1.807, 2.05) is 85.7 Å². The van der Waals surface area contributed by atoms with E-state index in [1.54, 1.807) is 6.92 Å². The molecule has 0 bridgehead atoms. The van der Waals surface area contributed by atoms with Crippen LogP contribution < -0.4 is 5.46 Å². The number of halogens is 1. The van der Waals surface area contributed by atoms with E-state index in [1.165, 1.54) is 0 Å². The highest BCUT2D eigenvalue weighted by atomic mass is 35.5. The van der Waals surface area contributed by atoms with Crippen LogP contribution in [0.4, 0.5) is 0 Å². The Hall–Kier alpha value is -2.38. The Balaban J connectivity index is 1.95. The van der Waals surface area contributed by atoms with Gasteiger partial charge < -0.3 is 18.8 Å². The van der Waals surface area contributed by atoms with Crippen LogP contribution in [0.15, 0.2) is 48.5 Å². The van der Waals surface area contributed by atoms with E-state index in [0.29, 0.717) is 5.02 Å². The average molecular weight is 537 g/mol. The summed E-state index contributed by atoms with van der Waals surface area (Å²) in [6.45, 7) is 18.1. The first-order chi connectivity index (χ1) is 17.6. The lowest BCUT2D eigenvalue weighted by Gasteiger charge is -2.32. The highest BCUT2D eigenvalue weighted by Gasteiger charge is 2.51. The van der Waals surface area contributed by atoms with Gasteiger partial charge in [-0.1, -0.05) is 48.0 Å². The Bertz CT molecular complexity index is 1330. The molecule has 1 heterocycles. The van der Waals surface area contributed by atoms with Gasteiger partial charge in [-0.2, -0.15) is 0 Å². The second-order valence-electron chi connectivity index (χ2n) is 11.9. The fourth-order valence-corrected chi connectivity index (χ4v) is 4.90. The predicted octanol–water partition coefficient (Wildman–Crippen LogP) is 7.19. The number of rotatable bonds is 6. The van der Waals surface area contributed by atoms with E-state index in [2.05, 4.69) is 18.2 Å². The third kappa shape index (κ3) is 5.64. The summed E-state index contributed by atoms with van der Waals surface area (Å²) in [5, 5.41) is 2.64. The number of aryl methyl sites for hydroxylation is 1. The van der Waals surface area contributed by atoms with Gasteiger partial charge in [0.2, 0.25) is 0 Å². The molecule has 4 rings (SSSR count). The van der Waals surface area contributed by atoms with Crippen LogP contribution in [-0.4, -0.2) is 36.5 Å². The first kappa shape index (κ1) is 28.6. The topological polar surface area (TPSA) is 54.0 Å². The molecule has 202 valence electrons. The Kier molecular flexibility index (Phi) is 7.77. The van der Waals surface area contributed by atoms with Crippen molar-refractivity contribution in [3.05, 3.63) is 64.7 Å². The van der Waals surface area contributed by atoms with Crippen LogP contribution >= 0.6 is 11.6 Å². The van der Waals surface area contributed by atoms with Crippen molar-refractivity contribution < 1.29 is 23.6 Å². The molecule has 0 aromatic heterocycles. The summed E-state index contributed by atoms with van der Waals surface area (Å²) >= 11 is 6.24. The van der Waals surface area contributed by atoms with Gasteiger partial charge in [0.25, 0.3) is 0 Å². The summed E-state index contributed by atoms with van der Waals surface area (Å²) in [5.41, 5.74) is 3.07. The van der Waals surface area contributed by atoms with E-state index in [9.17, 15) is 4.79 Å². The second-order valence-corrected chi connectivity index (χ2v) is 12.4. The van der Waals surface area contributed by atoms with Crippen LogP contribution in [0, 0.1) is 6.92 Å². The summed E-state index contributed by atoms with van der Waals surface area (Å²) in [5.74, 6) is -0.408. The van der Waals surface area contributed by atoms with E-state index >= 15 is 0 Å². The van der Waals surface area contributed by atoms with Crippen molar-refractivity contribution in [1.82, 2.24) is 0 Å². The van der Waals surface area contributed by atoms with Gasteiger partial charge in [-0.15, -0.1) is 0 Å². The van der Waals surface area contributed by atoms with Crippen molar-refractivity contribution >= 4 is 40.9 Å². The molecule has 5 nitrogen and oxygen atoms in total. The van der Waals surface area contributed by atoms with E-state index in [0.717, 1.165) is 38.5 Å². The number of ether oxygens (including phenoxy) is 2. The molecular weight excluding hydrogens is 499 g/mol. The molecule has 0 N–H and O–H groups in total. The summed E-state index contributed by atoms with van der Waals surface area (Å²) in [4.78, 5) is 13.3. The molecule has 3 aromatic rings. The van der Waals surface area contributed by atoms with Gasteiger partial charge in [0, 0.05) is 10.6 Å². The smallest absolute Gasteiger partial charge is 0.464 e. The maximum atomic E-state index is 13.3. The number of benzene rings is 3. The largest absolute Gasteiger partial charge is 0.494 e. The third-order valence-electron chi connectivity index (χ3n) is 7.30. The quantitative estimate of drug-likeness (QED) is 0.246. The molecule has 1 aliphatic rings. The molecule has 0 radical (unpaired) electrons. The molecule has 0 spiro atoms. The SMILES string of the molecule is CCOC(=O)C(OC(C)(C)C)c1c(C)cc2cc(B3OC(C)(C)C(C)(C)O3)ccc2c1-c1ccc(Cl)cc1. The Morgan fingerprint density at radius 2 is 1.61 bits per heavy atom. The maximum absolute atomic E-state index is 13.3. The Morgan fingerprint density at radius 3 is 2.16 bits per heavy atom. The van der Waals surface area contributed by atoms with Crippen LogP contribution in [-0.2, 0) is 23.6 Å². The van der Waals surface area contributed by atoms with Crippen molar-refractivity contribution in [2.75, 3.05) is 6.61 Å². The van der Waals surface area contributed by atoms with Crippen molar-refractivity contribution in [3.8, 4) is 11.1 Å². The average Bonchev–Trinajstić information content (AvgIpc) is 3.03. The van der Waals surface area contributed by atoms with Crippen LogP contribution in [0.1, 0.15) is 72.6 Å². The molecule has 0 amide bonds. The summed E-state index contributed by atoms with van der Waals surface area (Å²) in [7, 11) is -0.472. The molecular formula is C31H38BClO5. The van der Waals surface area contributed by atoms with Gasteiger partial charge in [0.05, 0.1) is 23.4 Å². The molecule has 38 heavy (non-hydrogen) atoms. The molecule has 1 aliphatic heterocycles. The van der Waals surface area contributed by atoms with Gasteiger partial charge in [0.15, 0.2) is 6.10 Å². The maximum Gasteiger partial charge on any atom is 0.494 e. The van der Waals surface area contributed by atoms with Crippen molar-refractivity contribution in [3.63, 3.8) is 0 Å². The van der Waals surface area contributed by atoms with Gasteiger partial charge in [-0.25, -0.2) is 4.79 Å². The van der Waals surface area contributed by atoms with Crippen LogP contribution in [0.5, 0.6) is 0 Å². The van der Waals surface area contributed by atoms with E-state index in [-0.39, 0.29) is 6.61 Å². The minimum Gasteiger partial charge on any atom is -0.464 e. The lowest BCUT2D eigenvalue weighted by atomic mass is 9.77. The molecule has 1 atom stereocenters. The molecule has 3 aromatic carbocycles. The molecule has 0 saturated carbocycles. The summed E-state index contributed by atoms with van der Waals surface area (Å²) in [6, 6.07) is 16.0. The predicted molar refractivity (Wildman–Crippen MR) is 155 cm³/mol. The number of hydrogen-bond donors (Lipinski definition) is 0. The van der Waals surface area contributed by atoms with Gasteiger partial charge >= 0.3 is 13.1 Å². The van der Waals surface area contributed by atoms with Crippen LogP contribution in [0.3, 0.4) is 0 Å². The number of carbonyl (C=O) groups excluding carboxylic acids is 1. The Labute approximate surface area is 231 Å². The Morgan fingerprint density at radius 1 is 1.00 bits per heavy atom. The minimum absolute atomic E-state index is 0.267. The highest BCUT2D eigenvalue weighted by molar-refractivity contribution is 6.62. The minimum atomic E-state index is -0.896. The van der Waals surface area contributed by atoms with Crippen molar-refractivity contribution in [1.29, 1.82) is 0 Å². The fraction of sp³-hybridized carbons (Fsp3) is 0.452. The molecule has 7 heteroatoms. The summed E-state index contributed by atoms with van der Waals surface area (Å²) < 4.78 is 24.5. The van der Waals surface area contributed by atoms with Gasteiger partial charge in [-0.3, -0.25) is 0 Å². The third-order valence-corrected chi connectivity index (χ3v) is 7.56. The van der Waals surface area contributed by atoms with Crippen LogP contribution in [0.2, 0.25) is 5.02 Å². The number of fused-ring (bicyclic) bond motifs is 1. The zero-order chi connectivity index (χ0) is 28.0. The van der Waals surface area contributed by atoms with Crippen molar-refractivity contribution in [2.24, 2.45) is 0 Å². The molecule has 1 unspecified atom stereocenters. The summed E-state index contributed by atoms with van der Waals surface area (Å²) in [6.07, 6.45) is -0.896. The zero-order valence-electron chi connectivity index (χ0n) is 23.9. The number of esters is 1. The monoisotopic (exact) mass is 536 g/mol. The van der Waals surface area contributed by atoms with E-state index < -0.39 is 36.0 Å². The first-order valence-corrected chi connectivity index (χ1v) is 13.5. The van der Waals surface area contributed by atoms with E-state index in [4.69, 9.17) is 30.4 Å². The lowest BCUT2D eigenvalue weighted by Crippen LogP contribution is -2.41. The normalized spacial score (nSPS) is 17.6. The fourth-order valence-electron chi connectivity index (χ4n) is 4.77. The number of hydrogen-bond acceptors (Lipinski definition) is 5. The second kappa shape index (κ2) is 10.3. The first-order valence-electron chi connectivity index (χ1n) is 13.2. The zero-order valence-corrected chi connectivity index (χ0v) is 24.7. The van der Waals surface area contributed by atoms with Gasteiger partial charge in [0.1, 0.15) is 0 Å². The molecule has 1 fully saturated rings. The standard InChI is InChI=1S/C31H38BClO5/c1-10-35-28(34)27(36-29(3,4)5)25-19(2)17-21-18-22(32-37-30(6,7)31(8,9)38-32)13-16-24(21)26(25)20-11-14-23(33)15-12-20/h11-18,27H,10H2,1-9H3. The number of carbonyl (C=O) groups is 1. The van der Waals surface area contributed by atoms with Crippen LogP contribution in [0.25, 0.3) is 21.9 Å².